The largest absolute Gasteiger partial charge is 0.333 e. The van der Waals surface area contributed by atoms with Crippen molar-refractivity contribution in [3.63, 3.8) is 0 Å². The van der Waals surface area contributed by atoms with Crippen molar-refractivity contribution in [2.24, 2.45) is 0 Å². The van der Waals surface area contributed by atoms with Crippen LogP contribution < -0.4 is 10.0 Å². The monoisotopic (exact) mass is 453 g/mol. The summed E-state index contributed by atoms with van der Waals surface area (Å²) in [6, 6.07) is 3.32. The summed E-state index contributed by atoms with van der Waals surface area (Å²) in [5.41, 5.74) is 2.47. The van der Waals surface area contributed by atoms with Crippen molar-refractivity contribution in [2.75, 3.05) is 19.4 Å². The summed E-state index contributed by atoms with van der Waals surface area (Å²) in [5.74, 6) is -0.371. The number of carbonyl (C=O) groups is 1. The van der Waals surface area contributed by atoms with Gasteiger partial charge in [-0.05, 0) is 57.1 Å². The van der Waals surface area contributed by atoms with Crippen molar-refractivity contribution in [3.8, 4) is 0 Å². The number of sulfonamides is 1. The van der Waals surface area contributed by atoms with Crippen molar-refractivity contribution in [1.29, 1.82) is 0 Å². The molecule has 8 nitrogen and oxygen atoms in total. The van der Waals surface area contributed by atoms with Gasteiger partial charge in [-0.3, -0.25) is 4.68 Å². The molecule has 2 amide bonds. The first-order valence-electron chi connectivity index (χ1n) is 10.5. The molecule has 0 aliphatic heterocycles. The molecule has 0 bridgehead atoms. The van der Waals surface area contributed by atoms with E-state index in [1.807, 2.05) is 44.5 Å². The number of rotatable bonds is 10. The summed E-state index contributed by atoms with van der Waals surface area (Å²) in [6.07, 6.45) is 2.64. The first kappa shape index (κ1) is 24.8. The van der Waals surface area contributed by atoms with E-state index in [0.717, 1.165) is 18.5 Å². The van der Waals surface area contributed by atoms with E-state index < -0.39 is 16.1 Å². The number of amides is 2. The molecule has 0 aliphatic carbocycles. The number of hydrogen-bond acceptors (Lipinski definition) is 5. The van der Waals surface area contributed by atoms with Crippen LogP contribution in [0, 0.1) is 5.82 Å². The molecule has 0 aliphatic rings. The van der Waals surface area contributed by atoms with Gasteiger partial charge in [-0.25, -0.2) is 13.9 Å². The van der Waals surface area contributed by atoms with Crippen LogP contribution in [0.25, 0.3) is 0 Å². The maximum Gasteiger partial charge on any atom is 0.333 e. The van der Waals surface area contributed by atoms with Gasteiger partial charge in [-0.2, -0.15) is 13.5 Å². The third-order valence-corrected chi connectivity index (χ3v) is 5.87. The first-order valence-corrected chi connectivity index (χ1v) is 12.0. The number of halogens is 1. The number of hydrogen-bond donors (Lipinski definition) is 2. The molecule has 0 radical (unpaired) electrons. The molecule has 0 saturated carbocycles. The summed E-state index contributed by atoms with van der Waals surface area (Å²) in [6.45, 7) is 6.78. The number of aromatic nitrogens is 2. The zero-order valence-electron chi connectivity index (χ0n) is 18.8. The SMILES string of the molecule is CCCc1cc(F)cc(CCC)c1NC(=O)NS(=O)(=O)c1cc(CN(C)C)n(CC)n1. The highest BCUT2D eigenvalue weighted by molar-refractivity contribution is 7.90. The summed E-state index contributed by atoms with van der Waals surface area (Å²) < 4.78 is 43.1. The van der Waals surface area contributed by atoms with E-state index in [1.54, 1.807) is 4.68 Å². The molecule has 0 unspecified atom stereocenters. The smallest absolute Gasteiger partial charge is 0.307 e. The Bertz CT molecular complexity index is 991. The fourth-order valence-electron chi connectivity index (χ4n) is 3.42. The van der Waals surface area contributed by atoms with Crippen LogP contribution in [0.1, 0.15) is 50.4 Å². The van der Waals surface area contributed by atoms with Crippen molar-refractivity contribution in [2.45, 2.75) is 64.6 Å². The Hall–Kier alpha value is -2.46. The third kappa shape index (κ3) is 6.51. The number of carbonyl (C=O) groups excluding carboxylic acids is 1. The summed E-state index contributed by atoms with van der Waals surface area (Å²) in [5, 5.41) is 6.54. The quantitative estimate of drug-likeness (QED) is 0.574. The molecule has 2 aromatic rings. The van der Waals surface area contributed by atoms with E-state index >= 15 is 0 Å². The number of aryl methyl sites for hydroxylation is 3. The lowest BCUT2D eigenvalue weighted by molar-refractivity contribution is 0.256. The van der Waals surface area contributed by atoms with Crippen molar-refractivity contribution < 1.29 is 17.6 Å². The standard InChI is InChI=1S/C21H32FN5O3S/c1-6-9-15-11-17(22)12-16(10-7-2)20(15)23-21(28)25-31(29,30)19-13-18(14-26(4)5)27(8-3)24-19/h11-13H,6-10,14H2,1-5H3,(H2,23,25,28). The molecule has 0 fully saturated rings. The average molecular weight is 454 g/mol. The minimum atomic E-state index is -4.17. The summed E-state index contributed by atoms with van der Waals surface area (Å²) in [4.78, 5) is 14.5. The van der Waals surface area contributed by atoms with Crippen molar-refractivity contribution in [3.05, 3.63) is 40.8 Å². The Balaban J connectivity index is 2.29. The van der Waals surface area contributed by atoms with Gasteiger partial charge >= 0.3 is 6.03 Å². The Labute approximate surface area is 183 Å². The minimum Gasteiger partial charge on any atom is -0.307 e. The first-order chi connectivity index (χ1) is 14.6. The molecule has 10 heteroatoms. The second-order valence-corrected chi connectivity index (χ2v) is 9.32. The highest BCUT2D eigenvalue weighted by Crippen LogP contribution is 2.26. The van der Waals surface area contributed by atoms with Crippen LogP contribution in [-0.2, 0) is 36.0 Å². The van der Waals surface area contributed by atoms with E-state index in [1.165, 1.54) is 18.2 Å². The maximum atomic E-state index is 14.0. The predicted octanol–water partition coefficient (Wildman–Crippen LogP) is 3.52. The Morgan fingerprint density at radius 2 is 1.68 bits per heavy atom. The number of nitrogens with one attached hydrogen (secondary N) is 2. The molecule has 0 spiro atoms. The number of benzene rings is 1. The molecule has 1 aromatic heterocycles. The van der Waals surface area contributed by atoms with Crippen LogP contribution in [-0.4, -0.2) is 43.2 Å². The van der Waals surface area contributed by atoms with Crippen molar-refractivity contribution in [1.82, 2.24) is 19.4 Å². The van der Waals surface area contributed by atoms with Gasteiger partial charge in [0.05, 0.1) is 5.69 Å². The fraction of sp³-hybridized carbons (Fsp3) is 0.524. The zero-order valence-corrected chi connectivity index (χ0v) is 19.6. The van der Waals surface area contributed by atoms with Crippen molar-refractivity contribution >= 4 is 21.7 Å². The minimum absolute atomic E-state index is 0.219. The van der Waals surface area contributed by atoms with Crippen LogP contribution >= 0.6 is 0 Å². The molecule has 0 saturated heterocycles. The number of anilines is 1. The zero-order chi connectivity index (χ0) is 23.2. The van der Waals surface area contributed by atoms with Crippen LogP contribution in [0.4, 0.5) is 14.9 Å². The van der Waals surface area contributed by atoms with Gasteiger partial charge in [-0.1, -0.05) is 26.7 Å². The summed E-state index contributed by atoms with van der Waals surface area (Å²) >= 11 is 0. The highest BCUT2D eigenvalue weighted by Gasteiger charge is 2.24. The van der Waals surface area contributed by atoms with Gasteiger partial charge in [0.25, 0.3) is 10.0 Å². The van der Waals surface area contributed by atoms with E-state index in [9.17, 15) is 17.6 Å². The second-order valence-electron chi connectivity index (χ2n) is 7.69. The molecule has 0 atom stereocenters. The molecular weight excluding hydrogens is 421 g/mol. The Morgan fingerprint density at radius 3 is 2.16 bits per heavy atom. The Kier molecular flexibility index (Phi) is 8.58. The lowest BCUT2D eigenvalue weighted by atomic mass is 10.00. The molecule has 172 valence electrons. The van der Waals surface area contributed by atoms with E-state index in [4.69, 9.17) is 0 Å². The van der Waals surface area contributed by atoms with Gasteiger partial charge in [-0.15, -0.1) is 0 Å². The predicted molar refractivity (Wildman–Crippen MR) is 119 cm³/mol. The van der Waals surface area contributed by atoms with E-state index in [0.29, 0.717) is 42.7 Å². The van der Waals surface area contributed by atoms with Crippen LogP contribution in [0.3, 0.4) is 0 Å². The molecule has 2 rings (SSSR count). The normalized spacial score (nSPS) is 11.7. The lowest BCUT2D eigenvalue weighted by Crippen LogP contribution is -2.35. The van der Waals surface area contributed by atoms with Gasteiger partial charge in [0, 0.05) is 24.8 Å². The maximum absolute atomic E-state index is 14.0. The van der Waals surface area contributed by atoms with Gasteiger partial charge in [0.1, 0.15) is 5.82 Å². The molecule has 1 aromatic carbocycles. The van der Waals surface area contributed by atoms with Crippen LogP contribution in [0.2, 0.25) is 0 Å². The third-order valence-electron chi connectivity index (χ3n) is 4.66. The molecule has 2 N–H and O–H groups in total. The molecule has 31 heavy (non-hydrogen) atoms. The van der Waals surface area contributed by atoms with Crippen LogP contribution in [0.5, 0.6) is 0 Å². The average Bonchev–Trinajstić information content (AvgIpc) is 3.07. The molecular formula is C21H32FN5O3S. The fourth-order valence-corrected chi connectivity index (χ4v) is 4.31. The van der Waals surface area contributed by atoms with E-state index in [-0.39, 0.29) is 10.8 Å². The lowest BCUT2D eigenvalue weighted by Gasteiger charge is -2.16. The second kappa shape index (κ2) is 10.7. The van der Waals surface area contributed by atoms with Gasteiger partial charge in [0.2, 0.25) is 0 Å². The van der Waals surface area contributed by atoms with Gasteiger partial charge in [0.15, 0.2) is 5.03 Å². The Morgan fingerprint density at radius 1 is 1.10 bits per heavy atom. The topological polar surface area (TPSA) is 96.3 Å². The van der Waals surface area contributed by atoms with Gasteiger partial charge < -0.3 is 10.2 Å². The highest BCUT2D eigenvalue weighted by atomic mass is 32.2. The summed E-state index contributed by atoms with van der Waals surface area (Å²) in [7, 11) is -0.427. The van der Waals surface area contributed by atoms with Crippen LogP contribution in [0.15, 0.2) is 23.2 Å². The number of nitrogens with zero attached hydrogens (tertiary/aromatic N) is 3. The van der Waals surface area contributed by atoms with E-state index in [2.05, 4.69) is 10.4 Å². The number of urea groups is 1. The molecule has 1 heterocycles.